The SMILES string of the molecule is CCOC(=O)C1=C(C)N=c2s/c(=C\c3ccc(OCc4ccccc4Cl)c(OCC)c3)c(=O)n2[C@H]1c1ccc(Br)cc1. The molecule has 0 saturated carbocycles. The third kappa shape index (κ3) is 6.23. The number of carbonyl (C=O) groups excluding carboxylic acids is 1. The van der Waals surface area contributed by atoms with Crippen molar-refractivity contribution in [1.82, 2.24) is 4.57 Å². The van der Waals surface area contributed by atoms with Crippen molar-refractivity contribution in [3.05, 3.63) is 124 Å². The van der Waals surface area contributed by atoms with E-state index < -0.39 is 12.0 Å². The van der Waals surface area contributed by atoms with E-state index in [-0.39, 0.29) is 18.8 Å². The highest BCUT2D eigenvalue weighted by Crippen LogP contribution is 2.32. The Balaban J connectivity index is 1.55. The van der Waals surface area contributed by atoms with E-state index in [9.17, 15) is 9.59 Å². The number of aromatic nitrogens is 1. The van der Waals surface area contributed by atoms with E-state index in [1.54, 1.807) is 24.5 Å². The molecule has 0 saturated heterocycles. The second-order valence-electron chi connectivity index (χ2n) is 9.37. The van der Waals surface area contributed by atoms with Crippen LogP contribution in [0.15, 0.2) is 92.3 Å². The molecule has 1 aliphatic heterocycles. The summed E-state index contributed by atoms with van der Waals surface area (Å²) in [5, 5.41) is 0.630. The maximum Gasteiger partial charge on any atom is 0.338 e. The molecule has 0 N–H and O–H groups in total. The van der Waals surface area contributed by atoms with Crippen LogP contribution in [-0.4, -0.2) is 23.8 Å². The van der Waals surface area contributed by atoms with Crippen LogP contribution in [0.1, 0.15) is 43.5 Å². The van der Waals surface area contributed by atoms with Gasteiger partial charge in [0, 0.05) is 15.1 Å². The predicted octanol–water partition coefficient (Wildman–Crippen LogP) is 6.19. The first kappa shape index (κ1) is 29.8. The summed E-state index contributed by atoms with van der Waals surface area (Å²) in [6.07, 6.45) is 1.80. The van der Waals surface area contributed by atoms with Crippen molar-refractivity contribution in [2.24, 2.45) is 4.99 Å². The van der Waals surface area contributed by atoms with E-state index in [0.29, 0.717) is 43.7 Å². The molecule has 4 aromatic rings. The number of nitrogens with zero attached hydrogens (tertiary/aromatic N) is 2. The Kier molecular flexibility index (Phi) is 9.30. The van der Waals surface area contributed by atoms with Crippen molar-refractivity contribution < 1.29 is 19.0 Å². The van der Waals surface area contributed by atoms with Crippen molar-refractivity contribution in [3.8, 4) is 11.5 Å². The standard InChI is InChI=1S/C32H28BrClN2O5S/c1-4-39-26-16-20(10-15-25(26)41-18-22-8-6-7-9-24(22)34)17-27-30(37)36-29(21-11-13-23(33)14-12-21)28(31(38)40-5-2)19(3)35-32(36)42-27/h6-17,29H,4-5,18H2,1-3H3/b27-17-/t29-/m0/s1. The summed E-state index contributed by atoms with van der Waals surface area (Å²) in [6, 6.07) is 19.9. The number of rotatable bonds is 9. The van der Waals surface area contributed by atoms with Gasteiger partial charge in [-0.2, -0.15) is 0 Å². The van der Waals surface area contributed by atoms with Gasteiger partial charge in [-0.3, -0.25) is 9.36 Å². The Morgan fingerprint density at radius 3 is 2.52 bits per heavy atom. The molecule has 42 heavy (non-hydrogen) atoms. The van der Waals surface area contributed by atoms with Crippen molar-refractivity contribution in [1.29, 1.82) is 0 Å². The Bertz CT molecular complexity index is 1850. The Labute approximate surface area is 260 Å². The van der Waals surface area contributed by atoms with Gasteiger partial charge in [0.15, 0.2) is 16.3 Å². The molecule has 0 spiro atoms. The Morgan fingerprint density at radius 2 is 1.81 bits per heavy atom. The van der Waals surface area contributed by atoms with Gasteiger partial charge in [0.25, 0.3) is 5.56 Å². The zero-order valence-electron chi connectivity index (χ0n) is 23.2. The maximum atomic E-state index is 13.9. The lowest BCUT2D eigenvalue weighted by atomic mass is 9.96. The highest BCUT2D eigenvalue weighted by atomic mass is 79.9. The average molecular weight is 668 g/mol. The van der Waals surface area contributed by atoms with Crippen molar-refractivity contribution in [2.45, 2.75) is 33.4 Å². The molecule has 3 aromatic carbocycles. The molecule has 1 aromatic heterocycles. The molecule has 0 radical (unpaired) electrons. The van der Waals surface area contributed by atoms with Crippen molar-refractivity contribution in [2.75, 3.05) is 13.2 Å². The minimum atomic E-state index is -0.671. The molecule has 5 rings (SSSR count). The Hall–Kier alpha value is -3.66. The molecule has 2 heterocycles. The fraction of sp³-hybridized carbons (Fsp3) is 0.219. The number of ether oxygens (including phenoxy) is 3. The highest BCUT2D eigenvalue weighted by Gasteiger charge is 2.33. The number of esters is 1. The quantitative estimate of drug-likeness (QED) is 0.199. The third-order valence-electron chi connectivity index (χ3n) is 6.61. The van der Waals surface area contributed by atoms with Crippen LogP contribution >= 0.6 is 38.9 Å². The summed E-state index contributed by atoms with van der Waals surface area (Å²) in [6.45, 7) is 6.36. The van der Waals surface area contributed by atoms with Gasteiger partial charge in [0.05, 0.1) is 35.1 Å². The number of allylic oxidation sites excluding steroid dienone is 1. The van der Waals surface area contributed by atoms with Gasteiger partial charge in [-0.1, -0.05) is 75.3 Å². The fourth-order valence-corrected chi connectivity index (χ4v) is 6.18. The summed E-state index contributed by atoms with van der Waals surface area (Å²) in [7, 11) is 0. The van der Waals surface area contributed by atoms with Gasteiger partial charge in [0.2, 0.25) is 0 Å². The first-order valence-corrected chi connectivity index (χ1v) is 15.4. The van der Waals surface area contributed by atoms with E-state index in [1.165, 1.54) is 11.3 Å². The molecule has 0 unspecified atom stereocenters. The van der Waals surface area contributed by atoms with Crippen molar-refractivity contribution in [3.63, 3.8) is 0 Å². The minimum Gasteiger partial charge on any atom is -0.490 e. The van der Waals surface area contributed by atoms with Crippen LogP contribution in [0.4, 0.5) is 0 Å². The molecule has 1 atom stereocenters. The monoisotopic (exact) mass is 666 g/mol. The molecule has 0 aliphatic carbocycles. The van der Waals surface area contributed by atoms with Crippen LogP contribution in [0.25, 0.3) is 6.08 Å². The Morgan fingerprint density at radius 1 is 1.05 bits per heavy atom. The second-order valence-corrected chi connectivity index (χ2v) is 11.7. The summed E-state index contributed by atoms with van der Waals surface area (Å²) >= 11 is 11.0. The van der Waals surface area contributed by atoms with Crippen LogP contribution in [0.5, 0.6) is 11.5 Å². The summed E-state index contributed by atoms with van der Waals surface area (Å²) < 4.78 is 20.2. The molecule has 7 nitrogen and oxygen atoms in total. The van der Waals surface area contributed by atoms with E-state index in [4.69, 9.17) is 25.8 Å². The van der Waals surface area contributed by atoms with Crippen molar-refractivity contribution >= 4 is 50.9 Å². The smallest absolute Gasteiger partial charge is 0.338 e. The minimum absolute atomic E-state index is 0.216. The number of hydrogen-bond donors (Lipinski definition) is 0. The van der Waals surface area contributed by atoms with E-state index in [1.807, 2.05) is 73.7 Å². The van der Waals surface area contributed by atoms with E-state index >= 15 is 0 Å². The number of fused-ring (bicyclic) bond motifs is 1. The zero-order valence-corrected chi connectivity index (χ0v) is 26.4. The predicted molar refractivity (Wildman–Crippen MR) is 168 cm³/mol. The van der Waals surface area contributed by atoms with E-state index in [0.717, 1.165) is 21.2 Å². The largest absolute Gasteiger partial charge is 0.490 e. The second kappa shape index (κ2) is 13.1. The summed E-state index contributed by atoms with van der Waals surface area (Å²) in [5.74, 6) is 0.634. The van der Waals surface area contributed by atoms with Gasteiger partial charge < -0.3 is 14.2 Å². The molecule has 0 amide bonds. The molecule has 0 bridgehead atoms. The third-order valence-corrected chi connectivity index (χ3v) is 8.49. The number of carbonyl (C=O) groups is 1. The number of halogens is 2. The fourth-order valence-electron chi connectivity index (χ4n) is 4.68. The van der Waals surface area contributed by atoms with Gasteiger partial charge >= 0.3 is 5.97 Å². The first-order chi connectivity index (χ1) is 20.3. The maximum absolute atomic E-state index is 13.9. The van der Waals surface area contributed by atoms with Gasteiger partial charge in [0.1, 0.15) is 6.61 Å². The normalized spacial score (nSPS) is 14.8. The zero-order chi connectivity index (χ0) is 29.8. The van der Waals surface area contributed by atoms with Crippen LogP contribution in [0.3, 0.4) is 0 Å². The lowest BCUT2D eigenvalue weighted by molar-refractivity contribution is -0.139. The van der Waals surface area contributed by atoms with Crippen LogP contribution in [0.2, 0.25) is 5.02 Å². The summed E-state index contributed by atoms with van der Waals surface area (Å²) in [5.41, 5.74) is 3.02. The average Bonchev–Trinajstić information content (AvgIpc) is 3.27. The highest BCUT2D eigenvalue weighted by molar-refractivity contribution is 9.10. The lowest BCUT2D eigenvalue weighted by Gasteiger charge is -2.24. The number of hydrogen-bond acceptors (Lipinski definition) is 7. The lowest BCUT2D eigenvalue weighted by Crippen LogP contribution is -2.39. The number of thiazole rings is 1. The molecule has 1 aliphatic rings. The first-order valence-electron chi connectivity index (χ1n) is 13.4. The number of benzene rings is 3. The molecule has 0 fully saturated rings. The van der Waals surface area contributed by atoms with E-state index in [2.05, 4.69) is 20.9 Å². The van der Waals surface area contributed by atoms with Gasteiger partial charge in [-0.25, -0.2) is 9.79 Å². The molecular weight excluding hydrogens is 640 g/mol. The van der Waals surface area contributed by atoms with Crippen LogP contribution < -0.4 is 24.4 Å². The molecular formula is C32H28BrClN2O5S. The van der Waals surface area contributed by atoms with Gasteiger partial charge in [-0.15, -0.1) is 0 Å². The summed E-state index contributed by atoms with van der Waals surface area (Å²) in [4.78, 5) is 32.1. The molecule has 10 heteroatoms. The van der Waals surface area contributed by atoms with Crippen LogP contribution in [-0.2, 0) is 16.1 Å². The molecule has 216 valence electrons. The van der Waals surface area contributed by atoms with Gasteiger partial charge in [-0.05, 0) is 68.3 Å². The van der Waals surface area contributed by atoms with Crippen LogP contribution in [0, 0.1) is 0 Å². The topological polar surface area (TPSA) is 79.1 Å².